The van der Waals surface area contributed by atoms with E-state index in [1.165, 1.54) is 18.2 Å². The number of carbonyl (C=O) groups is 1. The number of phenols is 1. The first-order valence-electron chi connectivity index (χ1n) is 6.25. The van der Waals surface area contributed by atoms with Gasteiger partial charge in [-0.3, -0.25) is 0 Å². The van der Waals surface area contributed by atoms with Crippen LogP contribution in [0.1, 0.15) is 38.7 Å². The molecule has 1 amide bonds. The largest absolute Gasteiger partial charge is 0.508 e. The van der Waals surface area contributed by atoms with Gasteiger partial charge in [0, 0.05) is 17.5 Å². The summed E-state index contributed by atoms with van der Waals surface area (Å²) in [6.07, 6.45) is 0.0871. The number of nitrogens with one attached hydrogen (secondary N) is 1. The highest BCUT2D eigenvalue weighted by molar-refractivity contribution is 5.69. The molecule has 1 saturated carbocycles. The zero-order valence-corrected chi connectivity index (χ0v) is 11.2. The smallest absolute Gasteiger partial charge is 0.407 e. The molecule has 1 aliphatic carbocycles. The number of ether oxygens (including phenoxy) is 1. The van der Waals surface area contributed by atoms with E-state index in [0.29, 0.717) is 6.42 Å². The molecule has 1 aliphatic rings. The van der Waals surface area contributed by atoms with Crippen molar-refractivity contribution in [3.05, 3.63) is 29.6 Å². The lowest BCUT2D eigenvalue weighted by Crippen LogP contribution is -2.34. The first-order chi connectivity index (χ1) is 8.78. The van der Waals surface area contributed by atoms with Crippen molar-refractivity contribution >= 4 is 6.09 Å². The van der Waals surface area contributed by atoms with Gasteiger partial charge in [0.1, 0.15) is 17.2 Å². The Morgan fingerprint density at radius 2 is 2.16 bits per heavy atom. The summed E-state index contributed by atoms with van der Waals surface area (Å²) < 4.78 is 18.7. The lowest BCUT2D eigenvalue weighted by molar-refractivity contribution is 0.0522. The highest BCUT2D eigenvalue weighted by atomic mass is 19.1. The number of alkyl carbamates (subject to hydrolysis) is 1. The maximum atomic E-state index is 13.6. The van der Waals surface area contributed by atoms with Gasteiger partial charge in [0.15, 0.2) is 0 Å². The van der Waals surface area contributed by atoms with E-state index in [9.17, 15) is 14.3 Å². The van der Waals surface area contributed by atoms with Crippen LogP contribution >= 0.6 is 0 Å². The lowest BCUT2D eigenvalue weighted by atomic mass is 10.1. The summed E-state index contributed by atoms with van der Waals surface area (Å²) in [4.78, 5) is 11.6. The standard InChI is InChI=1S/C14H18FNO3/c1-14(2,3)19-13(18)16-10-7-8(10)12-9(15)5-4-6-11(12)17/h4-6,8,10,17H,7H2,1-3H3,(H,16,18)/t8-,10-/m1/s1. The second-order valence-electron chi connectivity index (χ2n) is 5.77. The molecule has 0 saturated heterocycles. The Morgan fingerprint density at radius 1 is 1.47 bits per heavy atom. The Bertz CT molecular complexity index is 476. The van der Waals surface area contributed by atoms with E-state index >= 15 is 0 Å². The molecule has 4 nitrogen and oxygen atoms in total. The highest BCUT2D eigenvalue weighted by Crippen LogP contribution is 2.45. The summed E-state index contributed by atoms with van der Waals surface area (Å²) in [5.74, 6) is -0.703. The van der Waals surface area contributed by atoms with Crippen LogP contribution in [0.2, 0.25) is 0 Å². The summed E-state index contributed by atoms with van der Waals surface area (Å²) >= 11 is 0. The van der Waals surface area contributed by atoms with E-state index in [-0.39, 0.29) is 23.3 Å². The van der Waals surface area contributed by atoms with Gasteiger partial charge in [0.2, 0.25) is 0 Å². The average molecular weight is 267 g/mol. The third-order valence-electron chi connectivity index (χ3n) is 2.89. The van der Waals surface area contributed by atoms with Crippen molar-refractivity contribution in [1.82, 2.24) is 5.32 Å². The Hall–Kier alpha value is -1.78. The van der Waals surface area contributed by atoms with E-state index in [1.54, 1.807) is 20.8 Å². The Kier molecular flexibility index (Phi) is 3.39. The van der Waals surface area contributed by atoms with Crippen LogP contribution in [0.15, 0.2) is 18.2 Å². The molecule has 0 radical (unpaired) electrons. The molecule has 1 aromatic carbocycles. The molecular formula is C14H18FNO3. The van der Waals surface area contributed by atoms with Crippen LogP contribution in [-0.2, 0) is 4.74 Å². The fourth-order valence-corrected chi connectivity index (χ4v) is 2.03. The minimum atomic E-state index is -0.561. The van der Waals surface area contributed by atoms with Gasteiger partial charge in [-0.15, -0.1) is 0 Å². The van der Waals surface area contributed by atoms with Crippen molar-refractivity contribution in [1.29, 1.82) is 0 Å². The molecule has 2 atom stereocenters. The van der Waals surface area contributed by atoms with Crippen LogP contribution in [0.25, 0.3) is 0 Å². The summed E-state index contributed by atoms with van der Waals surface area (Å²) in [6, 6.07) is 4.02. The maximum Gasteiger partial charge on any atom is 0.407 e. The van der Waals surface area contributed by atoms with Gasteiger partial charge in [-0.25, -0.2) is 9.18 Å². The monoisotopic (exact) mass is 267 g/mol. The van der Waals surface area contributed by atoms with Gasteiger partial charge < -0.3 is 15.2 Å². The predicted octanol–water partition coefficient (Wildman–Crippen LogP) is 2.91. The fourth-order valence-electron chi connectivity index (χ4n) is 2.03. The summed E-state index contributed by atoms with van der Waals surface area (Å²) in [7, 11) is 0. The number of hydrogen-bond acceptors (Lipinski definition) is 3. The zero-order valence-electron chi connectivity index (χ0n) is 11.2. The summed E-state index contributed by atoms with van der Waals surface area (Å²) in [6.45, 7) is 5.33. The number of amides is 1. The van der Waals surface area contributed by atoms with Crippen molar-refractivity contribution in [3.8, 4) is 5.75 Å². The molecule has 0 unspecified atom stereocenters. The molecule has 1 aromatic rings. The average Bonchev–Trinajstić information content (AvgIpc) is 2.93. The fraction of sp³-hybridized carbons (Fsp3) is 0.500. The minimum Gasteiger partial charge on any atom is -0.508 e. The van der Waals surface area contributed by atoms with Crippen molar-refractivity contribution < 1.29 is 19.0 Å². The first-order valence-corrected chi connectivity index (χ1v) is 6.25. The number of rotatable bonds is 2. The highest BCUT2D eigenvalue weighted by Gasteiger charge is 2.43. The molecule has 0 aromatic heterocycles. The molecule has 1 fully saturated rings. The van der Waals surface area contributed by atoms with Gasteiger partial charge in [-0.2, -0.15) is 0 Å². The molecule has 0 heterocycles. The molecule has 0 bridgehead atoms. The molecule has 104 valence electrons. The van der Waals surface area contributed by atoms with E-state index in [2.05, 4.69) is 5.32 Å². The molecule has 0 spiro atoms. The van der Waals surface area contributed by atoms with E-state index in [0.717, 1.165) is 0 Å². The molecule has 19 heavy (non-hydrogen) atoms. The number of carbonyl (C=O) groups excluding carboxylic acids is 1. The van der Waals surface area contributed by atoms with E-state index < -0.39 is 17.5 Å². The Morgan fingerprint density at radius 3 is 2.74 bits per heavy atom. The van der Waals surface area contributed by atoms with E-state index in [1.807, 2.05) is 0 Å². The Labute approximate surface area is 111 Å². The van der Waals surface area contributed by atoms with Crippen molar-refractivity contribution in [2.75, 3.05) is 0 Å². The van der Waals surface area contributed by atoms with Gasteiger partial charge in [0.05, 0.1) is 0 Å². The number of aromatic hydroxyl groups is 1. The predicted molar refractivity (Wildman–Crippen MR) is 68.6 cm³/mol. The van der Waals surface area contributed by atoms with Crippen LogP contribution in [-0.4, -0.2) is 22.8 Å². The molecule has 0 aliphatic heterocycles. The maximum absolute atomic E-state index is 13.6. The number of phenolic OH excluding ortho intramolecular Hbond substituents is 1. The van der Waals surface area contributed by atoms with Crippen molar-refractivity contribution in [3.63, 3.8) is 0 Å². The quantitative estimate of drug-likeness (QED) is 0.866. The van der Waals surface area contributed by atoms with Crippen LogP contribution in [0, 0.1) is 5.82 Å². The summed E-state index contributed by atoms with van der Waals surface area (Å²) in [5.41, 5.74) is -0.294. The van der Waals surface area contributed by atoms with Crippen molar-refractivity contribution in [2.45, 2.75) is 44.8 Å². The molecule has 2 rings (SSSR count). The minimum absolute atomic E-state index is 0.0708. The topological polar surface area (TPSA) is 58.6 Å². The number of halogens is 1. The second kappa shape index (κ2) is 4.72. The second-order valence-corrected chi connectivity index (χ2v) is 5.77. The van der Waals surface area contributed by atoms with Crippen LogP contribution in [0.3, 0.4) is 0 Å². The van der Waals surface area contributed by atoms with Gasteiger partial charge >= 0.3 is 6.09 Å². The van der Waals surface area contributed by atoms with Gasteiger partial charge in [0.25, 0.3) is 0 Å². The number of hydrogen-bond donors (Lipinski definition) is 2. The van der Waals surface area contributed by atoms with Crippen LogP contribution in [0.4, 0.5) is 9.18 Å². The van der Waals surface area contributed by atoms with Crippen LogP contribution < -0.4 is 5.32 Å². The zero-order chi connectivity index (χ0) is 14.2. The normalized spacial score (nSPS) is 21.9. The first kappa shape index (κ1) is 13.6. The molecular weight excluding hydrogens is 249 g/mol. The lowest BCUT2D eigenvalue weighted by Gasteiger charge is -2.19. The SMILES string of the molecule is CC(C)(C)OC(=O)N[C@@H]1C[C@H]1c1c(O)cccc1F. The third-order valence-corrected chi connectivity index (χ3v) is 2.89. The molecule has 5 heteroatoms. The van der Waals surface area contributed by atoms with E-state index in [4.69, 9.17) is 4.74 Å². The molecule has 2 N–H and O–H groups in total. The van der Waals surface area contributed by atoms with Crippen molar-refractivity contribution in [2.24, 2.45) is 0 Å². The Balaban J connectivity index is 1.97. The van der Waals surface area contributed by atoms with Gasteiger partial charge in [-0.1, -0.05) is 6.07 Å². The summed E-state index contributed by atoms with van der Waals surface area (Å²) in [5, 5.41) is 12.3. The third kappa shape index (κ3) is 3.36. The van der Waals surface area contributed by atoms with Crippen LogP contribution in [0.5, 0.6) is 5.75 Å². The number of benzene rings is 1. The van der Waals surface area contributed by atoms with Gasteiger partial charge in [-0.05, 0) is 39.3 Å².